The lowest BCUT2D eigenvalue weighted by molar-refractivity contribution is -0.113. The number of benzene rings is 2. The van der Waals surface area contributed by atoms with Gasteiger partial charge in [0.15, 0.2) is 5.82 Å². The molecule has 1 aromatic heterocycles. The van der Waals surface area contributed by atoms with Crippen molar-refractivity contribution in [3.05, 3.63) is 53.1 Å². The number of methoxy groups -OCH3 is 1. The minimum atomic E-state index is -0.207. The number of nitrogen functional groups attached to an aromatic ring is 1. The third-order valence-corrected chi connectivity index (χ3v) is 4.95. The maximum absolute atomic E-state index is 12.2. The van der Waals surface area contributed by atoms with Gasteiger partial charge in [-0.1, -0.05) is 47.1 Å². The van der Waals surface area contributed by atoms with Crippen LogP contribution < -0.4 is 15.9 Å². The zero-order chi connectivity index (χ0) is 19.4. The molecule has 0 saturated heterocycles. The quantitative estimate of drug-likeness (QED) is 0.484. The Morgan fingerprint density at radius 2 is 2.11 bits per heavy atom. The van der Waals surface area contributed by atoms with E-state index in [4.69, 9.17) is 22.2 Å². The molecular formula is C18H18ClN5O2S. The number of hydrogen-bond acceptors (Lipinski definition) is 6. The summed E-state index contributed by atoms with van der Waals surface area (Å²) in [6.07, 6.45) is 0. The van der Waals surface area contributed by atoms with E-state index in [1.165, 1.54) is 23.5 Å². The number of thioether (sulfide) groups is 1. The number of carbonyl (C=O) groups is 1. The summed E-state index contributed by atoms with van der Waals surface area (Å²) in [6.45, 7) is 1.99. The normalized spacial score (nSPS) is 10.6. The predicted molar refractivity (Wildman–Crippen MR) is 108 cm³/mol. The molecule has 3 rings (SSSR count). The Kier molecular flexibility index (Phi) is 5.88. The maximum Gasteiger partial charge on any atom is 0.234 e. The summed E-state index contributed by atoms with van der Waals surface area (Å²) in [5.74, 6) is 7.10. The zero-order valence-electron chi connectivity index (χ0n) is 14.8. The van der Waals surface area contributed by atoms with E-state index in [2.05, 4.69) is 15.5 Å². The van der Waals surface area contributed by atoms with Gasteiger partial charge in [0, 0.05) is 11.3 Å². The van der Waals surface area contributed by atoms with E-state index >= 15 is 0 Å². The number of ether oxygens (including phenoxy) is 1. The largest absolute Gasteiger partial charge is 0.495 e. The van der Waals surface area contributed by atoms with Gasteiger partial charge in [0.2, 0.25) is 11.1 Å². The number of amides is 1. The van der Waals surface area contributed by atoms with Gasteiger partial charge >= 0.3 is 0 Å². The summed E-state index contributed by atoms with van der Waals surface area (Å²) in [6, 6.07) is 12.8. The van der Waals surface area contributed by atoms with E-state index in [1.807, 2.05) is 31.2 Å². The predicted octanol–water partition coefficient (Wildman–Crippen LogP) is 3.36. The molecule has 0 bridgehead atoms. The second-order valence-corrected chi connectivity index (χ2v) is 7.08. The number of aromatic nitrogens is 3. The molecule has 27 heavy (non-hydrogen) atoms. The number of nitrogens with two attached hydrogens (primary N) is 1. The first-order chi connectivity index (χ1) is 13.0. The third kappa shape index (κ3) is 4.53. The van der Waals surface area contributed by atoms with Gasteiger partial charge in [-0.25, -0.2) is 4.68 Å². The summed E-state index contributed by atoms with van der Waals surface area (Å²) in [4.78, 5) is 12.2. The number of carbonyl (C=O) groups excluding carboxylic acids is 1. The molecular weight excluding hydrogens is 386 g/mol. The van der Waals surface area contributed by atoms with Gasteiger partial charge in [-0.15, -0.1) is 10.2 Å². The van der Waals surface area contributed by atoms with E-state index in [1.54, 1.807) is 18.2 Å². The highest BCUT2D eigenvalue weighted by molar-refractivity contribution is 7.99. The zero-order valence-corrected chi connectivity index (χ0v) is 16.3. The van der Waals surface area contributed by atoms with Gasteiger partial charge in [-0.2, -0.15) is 0 Å². The molecule has 0 aliphatic carbocycles. The summed E-state index contributed by atoms with van der Waals surface area (Å²) in [7, 11) is 1.53. The number of nitrogens with zero attached hydrogens (tertiary/aromatic N) is 3. The Hall–Kier alpha value is -2.71. The van der Waals surface area contributed by atoms with Crippen LogP contribution in [0.5, 0.6) is 5.75 Å². The summed E-state index contributed by atoms with van der Waals surface area (Å²) < 4.78 is 6.47. The topological polar surface area (TPSA) is 95.1 Å². The molecule has 1 heterocycles. The number of nitrogens with one attached hydrogen (secondary N) is 1. The number of rotatable bonds is 6. The number of hydrogen-bond donors (Lipinski definition) is 2. The van der Waals surface area contributed by atoms with Crippen molar-refractivity contribution in [1.29, 1.82) is 0 Å². The Morgan fingerprint density at radius 1 is 1.30 bits per heavy atom. The lowest BCUT2D eigenvalue weighted by Gasteiger charge is -2.08. The fourth-order valence-electron chi connectivity index (χ4n) is 2.43. The van der Waals surface area contributed by atoms with Gasteiger partial charge < -0.3 is 15.9 Å². The molecule has 0 aliphatic rings. The average Bonchev–Trinajstić information content (AvgIpc) is 3.01. The molecule has 0 fully saturated rings. The fourth-order valence-corrected chi connectivity index (χ4v) is 3.34. The van der Waals surface area contributed by atoms with Gasteiger partial charge in [0.05, 0.1) is 17.9 Å². The highest BCUT2D eigenvalue weighted by Crippen LogP contribution is 2.27. The second kappa shape index (κ2) is 8.32. The third-order valence-electron chi connectivity index (χ3n) is 3.71. The van der Waals surface area contributed by atoms with Crippen LogP contribution in [0.3, 0.4) is 0 Å². The van der Waals surface area contributed by atoms with Crippen LogP contribution in [0.4, 0.5) is 5.69 Å². The standard InChI is InChI=1S/C18H18ClN5O2S/c1-11-4-3-5-12(8-11)17-22-23-18(24(17)20)27-10-16(25)21-13-6-7-15(26-2)14(19)9-13/h3-9H,10,20H2,1-2H3,(H,21,25). The van der Waals surface area contributed by atoms with Gasteiger partial charge in [0.1, 0.15) is 5.75 Å². The number of aryl methyl sites for hydroxylation is 1. The van der Waals surface area contributed by atoms with Gasteiger partial charge in [-0.05, 0) is 31.2 Å². The van der Waals surface area contributed by atoms with Crippen LogP contribution >= 0.6 is 23.4 Å². The van der Waals surface area contributed by atoms with Crippen LogP contribution in [0.25, 0.3) is 11.4 Å². The number of anilines is 1. The highest BCUT2D eigenvalue weighted by Gasteiger charge is 2.14. The van der Waals surface area contributed by atoms with Crippen LogP contribution in [0.2, 0.25) is 5.02 Å². The SMILES string of the molecule is COc1ccc(NC(=O)CSc2nnc(-c3cccc(C)c3)n2N)cc1Cl. The molecule has 3 N–H and O–H groups in total. The lowest BCUT2D eigenvalue weighted by atomic mass is 10.1. The van der Waals surface area contributed by atoms with Crippen LogP contribution in [-0.4, -0.2) is 33.6 Å². The second-order valence-electron chi connectivity index (χ2n) is 5.73. The Bertz CT molecular complexity index is 976. The summed E-state index contributed by atoms with van der Waals surface area (Å²) >= 11 is 7.26. The van der Waals surface area contributed by atoms with Crippen LogP contribution in [0, 0.1) is 6.92 Å². The van der Waals surface area contributed by atoms with Gasteiger partial charge in [-0.3, -0.25) is 4.79 Å². The molecule has 1 amide bonds. The Labute approximate surface area is 165 Å². The molecule has 0 unspecified atom stereocenters. The molecule has 140 valence electrons. The van der Waals surface area contributed by atoms with Crippen molar-refractivity contribution in [2.45, 2.75) is 12.1 Å². The molecule has 0 atom stereocenters. The van der Waals surface area contributed by atoms with Crippen molar-refractivity contribution in [2.75, 3.05) is 24.0 Å². The monoisotopic (exact) mass is 403 g/mol. The molecule has 3 aromatic rings. The minimum absolute atomic E-state index is 0.132. The fraction of sp³-hybridized carbons (Fsp3) is 0.167. The van der Waals surface area contributed by atoms with Crippen LogP contribution in [-0.2, 0) is 4.79 Å². The molecule has 0 aliphatic heterocycles. The van der Waals surface area contributed by atoms with Crippen molar-refractivity contribution >= 4 is 35.0 Å². The summed E-state index contributed by atoms with van der Waals surface area (Å²) in [5, 5.41) is 11.8. The van der Waals surface area contributed by atoms with Crippen molar-refractivity contribution in [1.82, 2.24) is 14.9 Å². The van der Waals surface area contributed by atoms with Gasteiger partial charge in [0.25, 0.3) is 0 Å². The van der Waals surface area contributed by atoms with E-state index in [0.29, 0.717) is 27.4 Å². The van der Waals surface area contributed by atoms with Crippen molar-refractivity contribution in [3.63, 3.8) is 0 Å². The van der Waals surface area contributed by atoms with Crippen molar-refractivity contribution in [2.24, 2.45) is 0 Å². The lowest BCUT2D eigenvalue weighted by Crippen LogP contribution is -2.16. The van der Waals surface area contributed by atoms with Crippen molar-refractivity contribution in [3.8, 4) is 17.1 Å². The first-order valence-corrected chi connectivity index (χ1v) is 9.38. The molecule has 2 aromatic carbocycles. The molecule has 7 nitrogen and oxygen atoms in total. The highest BCUT2D eigenvalue weighted by atomic mass is 35.5. The van der Waals surface area contributed by atoms with Crippen LogP contribution in [0.15, 0.2) is 47.6 Å². The Balaban J connectivity index is 1.63. The van der Waals surface area contributed by atoms with E-state index < -0.39 is 0 Å². The molecule has 0 radical (unpaired) electrons. The average molecular weight is 404 g/mol. The van der Waals surface area contributed by atoms with E-state index in [0.717, 1.165) is 11.1 Å². The Morgan fingerprint density at radius 3 is 2.81 bits per heavy atom. The van der Waals surface area contributed by atoms with E-state index in [9.17, 15) is 4.79 Å². The van der Waals surface area contributed by atoms with Crippen LogP contribution in [0.1, 0.15) is 5.56 Å². The minimum Gasteiger partial charge on any atom is -0.495 e. The maximum atomic E-state index is 12.2. The molecule has 0 saturated carbocycles. The molecule has 9 heteroatoms. The molecule has 0 spiro atoms. The summed E-state index contributed by atoms with van der Waals surface area (Å²) in [5.41, 5.74) is 2.55. The first kappa shape index (κ1) is 19.1. The first-order valence-electron chi connectivity index (χ1n) is 8.01. The van der Waals surface area contributed by atoms with Crippen molar-refractivity contribution < 1.29 is 9.53 Å². The smallest absolute Gasteiger partial charge is 0.234 e. The van der Waals surface area contributed by atoms with E-state index in [-0.39, 0.29) is 11.7 Å². The number of halogens is 1.